The number of carbonyl (C=O) groups is 5. The molecule has 4 atom stereocenters. The Balaban J connectivity index is 0.000000312. The summed E-state index contributed by atoms with van der Waals surface area (Å²) in [6, 6.07) is -1.31. The van der Waals surface area contributed by atoms with Crippen LogP contribution in [0.1, 0.15) is 54.4 Å². The number of amides is 3. The van der Waals surface area contributed by atoms with Gasteiger partial charge in [-0.2, -0.15) is 0 Å². The molecule has 4 fully saturated rings. The summed E-state index contributed by atoms with van der Waals surface area (Å²) in [5.41, 5.74) is 0. The third kappa shape index (κ3) is 5.42. The summed E-state index contributed by atoms with van der Waals surface area (Å²) in [7, 11) is 3.43. The predicted octanol–water partition coefficient (Wildman–Crippen LogP) is -0.431. The molecule has 33 heavy (non-hydrogen) atoms. The zero-order valence-electron chi connectivity index (χ0n) is 18.6. The molecule has 4 aliphatic heterocycles. The molecule has 3 amide bonds. The van der Waals surface area contributed by atoms with Crippen molar-refractivity contribution in [1.82, 2.24) is 30.7 Å². The number of hydrogen-bond donors (Lipinski definition) is 2. The van der Waals surface area contributed by atoms with Crippen molar-refractivity contribution in [1.29, 1.82) is 0 Å². The van der Waals surface area contributed by atoms with Crippen molar-refractivity contribution < 1.29 is 24.0 Å². The maximum absolute atomic E-state index is 12.0. The number of ketones is 2. The van der Waals surface area contributed by atoms with Crippen molar-refractivity contribution in [2.45, 2.75) is 78.6 Å². The van der Waals surface area contributed by atoms with Gasteiger partial charge < -0.3 is 10.6 Å². The van der Waals surface area contributed by atoms with E-state index >= 15 is 0 Å². The quantitative estimate of drug-likeness (QED) is 0.570. The normalized spacial score (nSPS) is 28.8. The van der Waals surface area contributed by atoms with Crippen molar-refractivity contribution in [3.63, 3.8) is 0 Å². The van der Waals surface area contributed by atoms with Gasteiger partial charge in [0.05, 0.1) is 18.5 Å². The molecule has 0 aliphatic carbocycles. The number of nitrogens with zero attached hydrogens (tertiary/aromatic N) is 4. The molecular weight excluding hydrogens is 428 g/mol. The Morgan fingerprint density at radius 3 is 1.79 bits per heavy atom. The van der Waals surface area contributed by atoms with E-state index in [-0.39, 0.29) is 62.6 Å². The first-order chi connectivity index (χ1) is 14.7. The summed E-state index contributed by atoms with van der Waals surface area (Å²) in [5, 5.41) is 12.2. The number of fused-ring (bicyclic) bond motifs is 2. The van der Waals surface area contributed by atoms with Crippen molar-refractivity contribution in [2.24, 2.45) is 0 Å². The number of hydrazine groups is 2. The second-order valence-electron chi connectivity index (χ2n) is 8.34. The topological polar surface area (TPSA) is 122 Å². The summed E-state index contributed by atoms with van der Waals surface area (Å²) in [5.74, 6) is -0.216. The number of nitrogens with one attached hydrogen (secondary N) is 2. The van der Waals surface area contributed by atoms with Crippen LogP contribution in [0, 0.1) is 0 Å². The minimum atomic E-state index is -0.497. The van der Waals surface area contributed by atoms with Gasteiger partial charge in [0.1, 0.15) is 12.1 Å². The first-order valence-electron chi connectivity index (χ1n) is 10.8. The van der Waals surface area contributed by atoms with E-state index in [1.807, 2.05) is 5.01 Å². The van der Waals surface area contributed by atoms with Crippen molar-refractivity contribution in [3.8, 4) is 0 Å². The van der Waals surface area contributed by atoms with Gasteiger partial charge in [-0.1, -0.05) is 14.9 Å². The average molecular weight is 469 g/mol. The Bertz CT molecular complexity index is 768. The lowest BCUT2D eigenvalue weighted by atomic mass is 10.1. The Morgan fingerprint density at radius 2 is 1.24 bits per heavy atom. The highest BCUT2D eigenvalue weighted by atomic mass is 16.2. The van der Waals surface area contributed by atoms with Gasteiger partial charge in [-0.3, -0.25) is 34.0 Å². The van der Waals surface area contributed by atoms with E-state index in [9.17, 15) is 24.0 Å². The molecule has 188 valence electrons. The van der Waals surface area contributed by atoms with Gasteiger partial charge in [0, 0.05) is 19.6 Å². The molecule has 0 aromatic heterocycles. The van der Waals surface area contributed by atoms with E-state index in [4.69, 9.17) is 0 Å². The molecule has 4 aliphatic rings. The summed E-state index contributed by atoms with van der Waals surface area (Å²) in [6.07, 6.45) is 2.33. The molecule has 11 heteroatoms. The lowest BCUT2D eigenvalue weighted by molar-refractivity contribution is -0.171. The van der Waals surface area contributed by atoms with Gasteiger partial charge in [0.2, 0.25) is 5.91 Å². The molecule has 4 heterocycles. The van der Waals surface area contributed by atoms with Crippen LogP contribution >= 0.6 is 0 Å². The third-order valence-corrected chi connectivity index (χ3v) is 6.46. The van der Waals surface area contributed by atoms with E-state index in [1.54, 1.807) is 26.0 Å². The van der Waals surface area contributed by atoms with E-state index in [0.717, 1.165) is 25.9 Å². The minimum Gasteiger partial charge on any atom is -0.309 e. The largest absolute Gasteiger partial charge is 0.309 e. The fourth-order valence-corrected chi connectivity index (χ4v) is 4.70. The third-order valence-electron chi connectivity index (χ3n) is 6.46. The van der Waals surface area contributed by atoms with Gasteiger partial charge in [0.25, 0.3) is 11.8 Å². The van der Waals surface area contributed by atoms with Gasteiger partial charge in [-0.05, 0) is 47.2 Å². The van der Waals surface area contributed by atoms with Crippen molar-refractivity contribution in [3.05, 3.63) is 0 Å². The molecule has 2 N–H and O–H groups in total. The zero-order valence-corrected chi connectivity index (χ0v) is 18.6. The number of Topliss-reactive ketones (excluding diaryl/α,β-unsaturated/α-hetero) is 2. The standard InChI is InChI=1S/C10H15N3O3.C10H17N3O2.2CH4/c1-6(14)8-3-4-12-9(15)5-7(11-2)10(16)13(8)12;1-7(14)9-4-6-12-5-3-8(11-2)10(15)13(9)12;;/h7-8,11H,3-5H2,1-2H3;8-9,11H,3-6H2,1-2H3;2*1H4. The second-order valence-corrected chi connectivity index (χ2v) is 8.34. The van der Waals surface area contributed by atoms with E-state index in [1.165, 1.54) is 16.9 Å². The Kier molecular flexibility index (Phi) is 10.1. The molecular formula is C22H40N6O5. The van der Waals surface area contributed by atoms with E-state index in [2.05, 4.69) is 10.6 Å². The van der Waals surface area contributed by atoms with Crippen LogP contribution < -0.4 is 10.6 Å². The van der Waals surface area contributed by atoms with Gasteiger partial charge >= 0.3 is 0 Å². The maximum atomic E-state index is 12.0. The zero-order chi connectivity index (χ0) is 22.9. The average Bonchev–Trinajstić information content (AvgIpc) is 3.37. The van der Waals surface area contributed by atoms with Crippen LogP contribution in [0.25, 0.3) is 0 Å². The number of carbonyl (C=O) groups excluding carboxylic acids is 5. The Hall–Kier alpha value is -2.37. The van der Waals surface area contributed by atoms with Gasteiger partial charge in [-0.25, -0.2) is 10.0 Å². The number of likely N-dealkylation sites (N-methyl/N-ethyl adjacent to an activating group) is 2. The number of rotatable bonds is 4. The molecule has 0 saturated carbocycles. The molecule has 0 aromatic rings. The lowest BCUT2D eigenvalue weighted by Gasteiger charge is -2.38. The maximum Gasteiger partial charge on any atom is 0.259 e. The lowest BCUT2D eigenvalue weighted by Crippen LogP contribution is -2.61. The highest BCUT2D eigenvalue weighted by Crippen LogP contribution is 2.26. The van der Waals surface area contributed by atoms with Crippen LogP contribution in [0.5, 0.6) is 0 Å². The van der Waals surface area contributed by atoms with Gasteiger partial charge in [-0.15, -0.1) is 0 Å². The summed E-state index contributed by atoms with van der Waals surface area (Å²) in [6.45, 7) is 5.16. The first kappa shape index (κ1) is 28.7. The van der Waals surface area contributed by atoms with Crippen molar-refractivity contribution >= 4 is 29.3 Å². The minimum absolute atomic E-state index is 0. The highest BCUT2D eigenvalue weighted by molar-refractivity contribution is 5.97. The summed E-state index contributed by atoms with van der Waals surface area (Å²) >= 11 is 0. The molecule has 4 rings (SSSR count). The van der Waals surface area contributed by atoms with E-state index < -0.39 is 12.1 Å². The fraction of sp³-hybridized carbons (Fsp3) is 0.773. The monoisotopic (exact) mass is 468 g/mol. The van der Waals surface area contributed by atoms with Crippen molar-refractivity contribution in [2.75, 3.05) is 33.7 Å². The molecule has 4 unspecified atom stereocenters. The van der Waals surface area contributed by atoms with Crippen LogP contribution in [0.15, 0.2) is 0 Å². The Morgan fingerprint density at radius 1 is 0.758 bits per heavy atom. The van der Waals surface area contributed by atoms with Crippen LogP contribution in [0.3, 0.4) is 0 Å². The van der Waals surface area contributed by atoms with Gasteiger partial charge in [0.15, 0.2) is 11.6 Å². The molecule has 0 aromatic carbocycles. The molecule has 0 radical (unpaired) electrons. The summed E-state index contributed by atoms with van der Waals surface area (Å²) < 4.78 is 0. The SMILES string of the molecule is C.C.CNC1CC(=O)N2CCC(C(C)=O)N2C1=O.CNC1CCN2CCC(C(C)=O)N2C1=O. The molecule has 4 saturated heterocycles. The molecule has 0 bridgehead atoms. The van der Waals surface area contributed by atoms with Crippen LogP contribution in [0.4, 0.5) is 0 Å². The van der Waals surface area contributed by atoms with E-state index in [0.29, 0.717) is 13.0 Å². The molecule has 0 spiro atoms. The second kappa shape index (κ2) is 11.7. The molecule has 11 nitrogen and oxygen atoms in total. The van der Waals surface area contributed by atoms with Crippen LogP contribution in [0.2, 0.25) is 0 Å². The number of hydrogen-bond acceptors (Lipinski definition) is 8. The smallest absolute Gasteiger partial charge is 0.259 e. The predicted molar refractivity (Wildman–Crippen MR) is 124 cm³/mol. The highest BCUT2D eigenvalue weighted by Gasteiger charge is 2.47. The summed E-state index contributed by atoms with van der Waals surface area (Å²) in [4.78, 5) is 58.6. The fourth-order valence-electron chi connectivity index (χ4n) is 4.70. The van der Waals surface area contributed by atoms with Crippen LogP contribution in [-0.4, -0.2) is 107 Å². The van der Waals surface area contributed by atoms with Crippen LogP contribution in [-0.2, 0) is 24.0 Å². The first-order valence-corrected chi connectivity index (χ1v) is 10.8. The Labute approximate surface area is 196 Å².